The maximum atomic E-state index is 12.8. The third-order valence-corrected chi connectivity index (χ3v) is 4.91. The lowest BCUT2D eigenvalue weighted by Crippen LogP contribution is -2.34. The van der Waals surface area contributed by atoms with E-state index in [0.717, 1.165) is 16.5 Å². The number of fused-ring (bicyclic) bond motifs is 1. The smallest absolute Gasteiger partial charge is 0.251 e. The van der Waals surface area contributed by atoms with Gasteiger partial charge in [-0.2, -0.15) is 0 Å². The second kappa shape index (κ2) is 8.23. The van der Waals surface area contributed by atoms with Gasteiger partial charge in [0.25, 0.3) is 5.91 Å². The lowest BCUT2D eigenvalue weighted by atomic mass is 10.0. The number of nitrogens with one attached hydrogen (secondary N) is 1. The lowest BCUT2D eigenvalue weighted by molar-refractivity contribution is 0.0943. The fourth-order valence-corrected chi connectivity index (χ4v) is 3.30. The first kappa shape index (κ1) is 18.9. The molecule has 27 heavy (non-hydrogen) atoms. The molecule has 3 aromatic rings. The van der Waals surface area contributed by atoms with Crippen LogP contribution in [0, 0.1) is 0 Å². The van der Waals surface area contributed by atoms with Gasteiger partial charge in [-0.05, 0) is 48.6 Å². The molecule has 0 spiro atoms. The number of carbonyl (C=O) groups is 1. The predicted molar refractivity (Wildman–Crippen MR) is 113 cm³/mol. The average molecular weight is 361 g/mol. The number of hydrogen-bond donors (Lipinski definition) is 1. The van der Waals surface area contributed by atoms with E-state index in [1.54, 1.807) is 0 Å². The van der Waals surface area contributed by atoms with Crippen LogP contribution in [-0.2, 0) is 0 Å². The molecule has 1 amide bonds. The van der Waals surface area contributed by atoms with Crippen molar-refractivity contribution in [2.75, 3.05) is 39.6 Å². The van der Waals surface area contributed by atoms with Gasteiger partial charge in [-0.15, -0.1) is 0 Å². The number of anilines is 1. The summed E-state index contributed by atoms with van der Waals surface area (Å²) in [5, 5.41) is 5.18. The molecule has 0 aliphatic heterocycles. The third-order valence-electron chi connectivity index (χ3n) is 4.91. The zero-order valence-corrected chi connectivity index (χ0v) is 16.4. The van der Waals surface area contributed by atoms with Crippen molar-refractivity contribution >= 4 is 22.4 Å². The van der Waals surface area contributed by atoms with Crippen molar-refractivity contribution in [1.82, 2.24) is 10.2 Å². The van der Waals surface area contributed by atoms with Gasteiger partial charge >= 0.3 is 0 Å². The van der Waals surface area contributed by atoms with Gasteiger partial charge in [0.2, 0.25) is 0 Å². The molecule has 0 saturated heterocycles. The predicted octanol–water partition coefficient (Wildman–Crippen LogP) is 3.94. The van der Waals surface area contributed by atoms with Crippen molar-refractivity contribution in [2.24, 2.45) is 0 Å². The van der Waals surface area contributed by atoms with Gasteiger partial charge in [-0.25, -0.2) is 0 Å². The SMILES string of the molecule is CN(C)c1ccc([C@@H](CNC(=O)c2cccc3ccccc23)N(C)C)cc1. The van der Waals surface area contributed by atoms with Gasteiger partial charge in [0, 0.05) is 31.9 Å². The Labute approximate surface area is 161 Å². The summed E-state index contributed by atoms with van der Waals surface area (Å²) in [6.45, 7) is 0.552. The van der Waals surface area contributed by atoms with E-state index in [9.17, 15) is 4.79 Å². The summed E-state index contributed by atoms with van der Waals surface area (Å²) in [4.78, 5) is 17.0. The highest BCUT2D eigenvalue weighted by Gasteiger charge is 2.17. The topological polar surface area (TPSA) is 35.6 Å². The largest absolute Gasteiger partial charge is 0.378 e. The summed E-state index contributed by atoms with van der Waals surface area (Å²) in [5.41, 5.74) is 3.06. The number of amides is 1. The second-order valence-electron chi connectivity index (χ2n) is 7.20. The molecule has 0 aliphatic carbocycles. The molecule has 1 N–H and O–H groups in total. The normalized spacial score (nSPS) is 12.2. The first-order valence-electron chi connectivity index (χ1n) is 9.17. The fraction of sp³-hybridized carbons (Fsp3) is 0.261. The highest BCUT2D eigenvalue weighted by atomic mass is 16.1. The van der Waals surface area contributed by atoms with Crippen LogP contribution in [0.25, 0.3) is 10.8 Å². The lowest BCUT2D eigenvalue weighted by Gasteiger charge is -2.26. The van der Waals surface area contributed by atoms with Crippen LogP contribution in [-0.4, -0.2) is 45.5 Å². The second-order valence-corrected chi connectivity index (χ2v) is 7.20. The summed E-state index contributed by atoms with van der Waals surface area (Å²) in [7, 11) is 8.13. The zero-order valence-electron chi connectivity index (χ0n) is 16.4. The Hall–Kier alpha value is -2.85. The highest BCUT2D eigenvalue weighted by molar-refractivity contribution is 6.07. The zero-order chi connectivity index (χ0) is 19.4. The van der Waals surface area contributed by atoms with Gasteiger partial charge in [0.15, 0.2) is 0 Å². The van der Waals surface area contributed by atoms with Crippen LogP contribution in [0.2, 0.25) is 0 Å². The first-order valence-corrected chi connectivity index (χ1v) is 9.17. The van der Waals surface area contributed by atoms with Crippen molar-refractivity contribution in [3.8, 4) is 0 Å². The van der Waals surface area contributed by atoms with Crippen LogP contribution in [0.15, 0.2) is 66.7 Å². The van der Waals surface area contributed by atoms with Crippen LogP contribution in [0.1, 0.15) is 22.0 Å². The fourth-order valence-electron chi connectivity index (χ4n) is 3.30. The minimum atomic E-state index is -0.0384. The molecule has 0 heterocycles. The summed E-state index contributed by atoms with van der Waals surface area (Å²) < 4.78 is 0. The highest BCUT2D eigenvalue weighted by Crippen LogP contribution is 2.22. The van der Waals surface area contributed by atoms with E-state index in [2.05, 4.69) is 39.4 Å². The van der Waals surface area contributed by atoms with Gasteiger partial charge in [0.05, 0.1) is 6.04 Å². The maximum absolute atomic E-state index is 12.8. The molecule has 4 nitrogen and oxygen atoms in total. The minimum absolute atomic E-state index is 0.0384. The molecular formula is C23H27N3O. The van der Waals surface area contributed by atoms with Crippen LogP contribution in [0.5, 0.6) is 0 Å². The van der Waals surface area contributed by atoms with Gasteiger partial charge in [-0.1, -0.05) is 48.5 Å². The molecule has 140 valence electrons. The van der Waals surface area contributed by atoms with Crippen molar-refractivity contribution in [3.63, 3.8) is 0 Å². The third kappa shape index (κ3) is 4.29. The molecule has 0 saturated carbocycles. The molecular weight excluding hydrogens is 334 g/mol. The number of benzene rings is 3. The van der Waals surface area contributed by atoms with E-state index >= 15 is 0 Å². The van der Waals surface area contributed by atoms with E-state index in [4.69, 9.17) is 0 Å². The van der Waals surface area contributed by atoms with Crippen LogP contribution >= 0.6 is 0 Å². The minimum Gasteiger partial charge on any atom is -0.378 e. The summed E-state index contributed by atoms with van der Waals surface area (Å²) in [5.74, 6) is -0.0384. The Morgan fingerprint density at radius 2 is 1.56 bits per heavy atom. The van der Waals surface area contributed by atoms with Crippen molar-refractivity contribution in [1.29, 1.82) is 0 Å². The monoisotopic (exact) mass is 361 g/mol. The van der Waals surface area contributed by atoms with Crippen LogP contribution in [0.3, 0.4) is 0 Å². The summed E-state index contributed by atoms with van der Waals surface area (Å²) >= 11 is 0. The molecule has 0 radical (unpaired) electrons. The standard InChI is InChI=1S/C23H27N3O/c1-25(2)19-14-12-18(13-15-19)22(26(3)4)16-24-23(27)21-11-7-9-17-8-5-6-10-20(17)21/h5-15,22H,16H2,1-4H3,(H,24,27)/t22-/m1/s1. The number of nitrogens with zero attached hydrogens (tertiary/aromatic N) is 2. The Bertz CT molecular complexity index is 911. The van der Waals surface area contributed by atoms with E-state index in [1.165, 1.54) is 5.56 Å². The number of carbonyl (C=O) groups excluding carboxylic acids is 1. The molecule has 0 unspecified atom stereocenters. The van der Waals surface area contributed by atoms with E-state index in [-0.39, 0.29) is 11.9 Å². The molecule has 0 fully saturated rings. The van der Waals surface area contributed by atoms with E-state index < -0.39 is 0 Å². The maximum Gasteiger partial charge on any atom is 0.251 e. The molecule has 4 heteroatoms. The Morgan fingerprint density at radius 1 is 0.889 bits per heavy atom. The quantitative estimate of drug-likeness (QED) is 0.722. The molecule has 0 bridgehead atoms. The van der Waals surface area contributed by atoms with E-state index in [0.29, 0.717) is 12.1 Å². The molecule has 3 rings (SSSR count). The first-order chi connectivity index (χ1) is 13.0. The van der Waals surface area contributed by atoms with Gasteiger partial charge in [0.1, 0.15) is 0 Å². The summed E-state index contributed by atoms with van der Waals surface area (Å²) in [6, 6.07) is 22.4. The molecule has 0 aliphatic rings. The van der Waals surface area contributed by atoms with Crippen molar-refractivity contribution in [2.45, 2.75) is 6.04 Å². The Kier molecular flexibility index (Phi) is 5.77. The van der Waals surface area contributed by atoms with Crippen molar-refractivity contribution < 1.29 is 4.79 Å². The number of rotatable bonds is 6. The number of hydrogen-bond acceptors (Lipinski definition) is 3. The molecule has 1 atom stereocenters. The summed E-state index contributed by atoms with van der Waals surface area (Å²) in [6.07, 6.45) is 0. The molecule has 0 aromatic heterocycles. The van der Waals surface area contributed by atoms with Crippen LogP contribution < -0.4 is 10.2 Å². The average Bonchev–Trinajstić information content (AvgIpc) is 2.67. The Balaban J connectivity index is 1.76. The van der Waals surface area contributed by atoms with Crippen molar-refractivity contribution in [3.05, 3.63) is 77.9 Å². The van der Waals surface area contributed by atoms with Crippen LogP contribution in [0.4, 0.5) is 5.69 Å². The molecule has 3 aromatic carbocycles. The van der Waals surface area contributed by atoms with Gasteiger partial charge in [-0.3, -0.25) is 4.79 Å². The number of likely N-dealkylation sites (N-methyl/N-ethyl adjacent to an activating group) is 1. The van der Waals surface area contributed by atoms with E-state index in [1.807, 2.05) is 70.7 Å². The van der Waals surface area contributed by atoms with Gasteiger partial charge < -0.3 is 15.1 Å². The Morgan fingerprint density at radius 3 is 2.22 bits per heavy atom.